The SMILES string of the molecule is O=C(Cn1cnc2ccccc2c1=O)Nc1nc(-c2cccs2)cs1. The molecule has 1 aromatic carbocycles. The normalized spacial score (nSPS) is 10.9. The van der Waals surface area contributed by atoms with Crippen molar-refractivity contribution in [3.05, 3.63) is 63.8 Å². The van der Waals surface area contributed by atoms with Crippen LogP contribution < -0.4 is 10.9 Å². The Morgan fingerprint density at radius 1 is 1.16 bits per heavy atom. The van der Waals surface area contributed by atoms with E-state index in [9.17, 15) is 9.59 Å². The van der Waals surface area contributed by atoms with E-state index in [2.05, 4.69) is 15.3 Å². The average Bonchev–Trinajstić information content (AvgIpc) is 3.29. The Morgan fingerprint density at radius 2 is 2.04 bits per heavy atom. The van der Waals surface area contributed by atoms with Gasteiger partial charge in [0.15, 0.2) is 5.13 Å². The molecule has 0 saturated carbocycles. The number of anilines is 1. The molecule has 0 aliphatic rings. The quantitative estimate of drug-likeness (QED) is 0.600. The number of thiophene rings is 1. The molecular formula is C17H12N4O2S2. The summed E-state index contributed by atoms with van der Waals surface area (Å²) in [5, 5.41) is 7.61. The number of fused-ring (bicyclic) bond motifs is 1. The van der Waals surface area contributed by atoms with Gasteiger partial charge in [0.05, 0.1) is 27.8 Å². The highest BCUT2D eigenvalue weighted by Gasteiger charge is 2.11. The number of nitrogens with zero attached hydrogens (tertiary/aromatic N) is 3. The van der Waals surface area contributed by atoms with Crippen molar-refractivity contribution in [3.63, 3.8) is 0 Å². The molecule has 1 N–H and O–H groups in total. The highest BCUT2D eigenvalue weighted by Crippen LogP contribution is 2.28. The van der Waals surface area contributed by atoms with Crippen LogP contribution in [0, 0.1) is 0 Å². The van der Waals surface area contributed by atoms with Crippen molar-refractivity contribution in [3.8, 4) is 10.6 Å². The van der Waals surface area contributed by atoms with Gasteiger partial charge in [0.2, 0.25) is 5.91 Å². The fourth-order valence-corrected chi connectivity index (χ4v) is 3.89. The van der Waals surface area contributed by atoms with Gasteiger partial charge in [-0.3, -0.25) is 14.2 Å². The Labute approximate surface area is 150 Å². The molecule has 0 aliphatic heterocycles. The van der Waals surface area contributed by atoms with Gasteiger partial charge in [-0.2, -0.15) is 0 Å². The van der Waals surface area contributed by atoms with E-state index in [0.717, 1.165) is 10.6 Å². The third-order valence-electron chi connectivity index (χ3n) is 3.57. The van der Waals surface area contributed by atoms with Crippen LogP contribution in [0.25, 0.3) is 21.5 Å². The minimum absolute atomic E-state index is 0.107. The minimum atomic E-state index is -0.314. The van der Waals surface area contributed by atoms with Crippen LogP contribution in [-0.4, -0.2) is 20.4 Å². The zero-order valence-corrected chi connectivity index (χ0v) is 14.5. The van der Waals surface area contributed by atoms with E-state index in [1.807, 2.05) is 29.0 Å². The summed E-state index contributed by atoms with van der Waals surface area (Å²) in [5.41, 5.74) is 1.21. The Bertz CT molecular complexity index is 1100. The van der Waals surface area contributed by atoms with Crippen LogP contribution in [0.5, 0.6) is 0 Å². The molecule has 0 spiro atoms. The molecule has 0 saturated heterocycles. The molecule has 0 unspecified atom stereocenters. The lowest BCUT2D eigenvalue weighted by Crippen LogP contribution is -2.27. The van der Waals surface area contributed by atoms with Crippen molar-refractivity contribution >= 4 is 44.6 Å². The van der Waals surface area contributed by atoms with Crippen LogP contribution in [0.2, 0.25) is 0 Å². The van der Waals surface area contributed by atoms with Crippen molar-refractivity contribution in [2.45, 2.75) is 6.54 Å². The molecule has 0 atom stereocenters. The lowest BCUT2D eigenvalue weighted by molar-refractivity contribution is -0.116. The van der Waals surface area contributed by atoms with Gasteiger partial charge >= 0.3 is 0 Å². The monoisotopic (exact) mass is 368 g/mol. The first kappa shape index (κ1) is 15.7. The van der Waals surface area contributed by atoms with Gasteiger partial charge in [-0.15, -0.1) is 22.7 Å². The molecule has 3 heterocycles. The first-order chi connectivity index (χ1) is 12.2. The Morgan fingerprint density at radius 3 is 2.88 bits per heavy atom. The Hall–Kier alpha value is -2.84. The first-order valence-electron chi connectivity index (χ1n) is 7.44. The molecule has 1 amide bonds. The maximum atomic E-state index is 12.4. The number of carbonyl (C=O) groups excluding carboxylic acids is 1. The fraction of sp³-hybridized carbons (Fsp3) is 0.0588. The number of rotatable bonds is 4. The number of nitrogens with one attached hydrogen (secondary N) is 1. The summed E-state index contributed by atoms with van der Waals surface area (Å²) in [4.78, 5) is 34.3. The lowest BCUT2D eigenvalue weighted by Gasteiger charge is -2.06. The van der Waals surface area contributed by atoms with Crippen LogP contribution in [0.1, 0.15) is 0 Å². The summed E-state index contributed by atoms with van der Waals surface area (Å²) in [6.45, 7) is -0.107. The first-order valence-corrected chi connectivity index (χ1v) is 9.20. The fourth-order valence-electron chi connectivity index (χ4n) is 2.40. The Balaban J connectivity index is 1.51. The van der Waals surface area contributed by atoms with Crippen molar-refractivity contribution < 1.29 is 4.79 Å². The van der Waals surface area contributed by atoms with Gasteiger partial charge in [-0.05, 0) is 23.6 Å². The van der Waals surface area contributed by atoms with E-state index < -0.39 is 0 Å². The van der Waals surface area contributed by atoms with Gasteiger partial charge < -0.3 is 5.32 Å². The summed E-state index contributed by atoms with van der Waals surface area (Å²) in [5.74, 6) is -0.314. The van der Waals surface area contributed by atoms with E-state index in [1.54, 1.807) is 29.5 Å². The molecule has 0 bridgehead atoms. The second-order valence-corrected chi connectivity index (χ2v) is 7.06. The van der Waals surface area contributed by atoms with Crippen molar-refractivity contribution in [2.24, 2.45) is 0 Å². The van der Waals surface area contributed by atoms with Crippen LogP contribution in [0.3, 0.4) is 0 Å². The number of amides is 1. The van der Waals surface area contributed by atoms with E-state index in [1.165, 1.54) is 22.2 Å². The smallest absolute Gasteiger partial charge is 0.261 e. The lowest BCUT2D eigenvalue weighted by atomic mass is 10.2. The summed E-state index contributed by atoms with van der Waals surface area (Å²) in [6, 6.07) is 11.0. The molecule has 3 aromatic heterocycles. The topological polar surface area (TPSA) is 76.9 Å². The molecule has 25 heavy (non-hydrogen) atoms. The molecule has 4 aromatic rings. The van der Waals surface area contributed by atoms with Gasteiger partial charge in [-0.1, -0.05) is 18.2 Å². The molecule has 6 nitrogen and oxygen atoms in total. The largest absolute Gasteiger partial charge is 0.300 e. The third-order valence-corrected chi connectivity index (χ3v) is 5.22. The summed E-state index contributed by atoms with van der Waals surface area (Å²) in [7, 11) is 0. The van der Waals surface area contributed by atoms with Gasteiger partial charge in [0.25, 0.3) is 5.56 Å². The number of hydrogen-bond acceptors (Lipinski definition) is 6. The third kappa shape index (κ3) is 3.21. The molecule has 0 radical (unpaired) electrons. The predicted octanol–water partition coefficient (Wildman–Crippen LogP) is 3.22. The number of hydrogen-bond donors (Lipinski definition) is 1. The maximum Gasteiger partial charge on any atom is 0.261 e. The molecule has 124 valence electrons. The molecule has 8 heteroatoms. The molecule has 0 fully saturated rings. The van der Waals surface area contributed by atoms with Crippen LogP contribution >= 0.6 is 22.7 Å². The number of benzene rings is 1. The number of para-hydroxylation sites is 1. The van der Waals surface area contributed by atoms with Crippen molar-refractivity contribution in [2.75, 3.05) is 5.32 Å². The number of thiazole rings is 1. The highest BCUT2D eigenvalue weighted by atomic mass is 32.1. The van der Waals surface area contributed by atoms with Crippen molar-refractivity contribution in [1.29, 1.82) is 0 Å². The average molecular weight is 368 g/mol. The van der Waals surface area contributed by atoms with Gasteiger partial charge in [-0.25, -0.2) is 9.97 Å². The van der Waals surface area contributed by atoms with Crippen LogP contribution in [0.4, 0.5) is 5.13 Å². The summed E-state index contributed by atoms with van der Waals surface area (Å²) < 4.78 is 1.30. The maximum absolute atomic E-state index is 12.4. The zero-order valence-electron chi connectivity index (χ0n) is 12.9. The minimum Gasteiger partial charge on any atom is -0.300 e. The van der Waals surface area contributed by atoms with Gasteiger partial charge in [0.1, 0.15) is 6.54 Å². The van der Waals surface area contributed by atoms with Gasteiger partial charge in [0, 0.05) is 5.38 Å². The number of aromatic nitrogens is 3. The van der Waals surface area contributed by atoms with Crippen LogP contribution in [-0.2, 0) is 11.3 Å². The van der Waals surface area contributed by atoms with E-state index in [4.69, 9.17) is 0 Å². The predicted molar refractivity (Wildman–Crippen MR) is 100 cm³/mol. The Kier molecular flexibility index (Phi) is 4.12. The standard InChI is InChI=1S/C17H12N4O2S2/c22-15(20-17-19-13(9-25-17)14-6-3-7-24-14)8-21-10-18-12-5-2-1-4-11(12)16(21)23/h1-7,9-10H,8H2,(H,19,20,22). The van der Waals surface area contributed by atoms with E-state index in [0.29, 0.717) is 16.0 Å². The summed E-state index contributed by atoms with van der Waals surface area (Å²) in [6.07, 6.45) is 1.39. The second-order valence-electron chi connectivity index (χ2n) is 5.26. The van der Waals surface area contributed by atoms with E-state index in [-0.39, 0.29) is 18.0 Å². The highest BCUT2D eigenvalue weighted by molar-refractivity contribution is 7.16. The van der Waals surface area contributed by atoms with E-state index >= 15 is 0 Å². The number of carbonyl (C=O) groups is 1. The molecule has 4 rings (SSSR count). The van der Waals surface area contributed by atoms with Crippen LogP contribution in [0.15, 0.2) is 58.3 Å². The molecular weight excluding hydrogens is 356 g/mol. The summed E-state index contributed by atoms with van der Waals surface area (Å²) >= 11 is 2.95. The zero-order chi connectivity index (χ0) is 17.2. The molecule has 0 aliphatic carbocycles. The second kappa shape index (κ2) is 6.58. The van der Waals surface area contributed by atoms with Crippen molar-refractivity contribution in [1.82, 2.24) is 14.5 Å².